The van der Waals surface area contributed by atoms with Crippen molar-refractivity contribution < 1.29 is 14.6 Å². The molecule has 0 fully saturated rings. The van der Waals surface area contributed by atoms with Crippen molar-refractivity contribution in [3.8, 4) is 0 Å². The monoisotopic (exact) mass is 403 g/mol. The molecule has 0 unspecified atom stereocenters. The Bertz CT molecular complexity index is 842. The molecule has 1 N–H and O–H groups in total. The van der Waals surface area contributed by atoms with E-state index in [0.29, 0.717) is 19.5 Å². The van der Waals surface area contributed by atoms with E-state index in [1.54, 1.807) is 6.92 Å². The molecule has 4 nitrogen and oxygen atoms in total. The molecule has 30 heavy (non-hydrogen) atoms. The number of benzene rings is 3. The fourth-order valence-electron chi connectivity index (χ4n) is 3.61. The van der Waals surface area contributed by atoms with Crippen molar-refractivity contribution >= 4 is 5.97 Å². The second-order valence-electron chi connectivity index (χ2n) is 7.33. The van der Waals surface area contributed by atoms with Gasteiger partial charge in [-0.2, -0.15) is 0 Å². The maximum Gasteiger partial charge on any atom is 0.336 e. The van der Waals surface area contributed by atoms with Gasteiger partial charge in [-0.25, -0.2) is 4.79 Å². The van der Waals surface area contributed by atoms with Crippen LogP contribution in [0.4, 0.5) is 0 Å². The Balaban J connectivity index is 1.93. The molecule has 0 bridgehead atoms. The summed E-state index contributed by atoms with van der Waals surface area (Å²) in [6.45, 7) is 3.22. The smallest absolute Gasteiger partial charge is 0.336 e. The van der Waals surface area contributed by atoms with Crippen LogP contribution in [-0.2, 0) is 29.0 Å². The van der Waals surface area contributed by atoms with Gasteiger partial charge in [-0.05, 0) is 30.0 Å². The standard InChI is InChI=1S/C26H29NO3/c1-2-30-26(29)25(28)24(18-21-12-6-3-7-13-21)27(19-22-14-8-4-9-15-22)20-23-16-10-5-11-17-23/h3-17,24-25,28H,2,18-20H2,1H3/t24-,25-/m0/s1. The minimum absolute atomic E-state index is 0.241. The summed E-state index contributed by atoms with van der Waals surface area (Å²) >= 11 is 0. The molecule has 0 aliphatic rings. The van der Waals surface area contributed by atoms with Crippen LogP contribution in [0.3, 0.4) is 0 Å². The second-order valence-corrected chi connectivity index (χ2v) is 7.33. The van der Waals surface area contributed by atoms with E-state index in [-0.39, 0.29) is 6.61 Å². The van der Waals surface area contributed by atoms with E-state index in [0.717, 1.165) is 16.7 Å². The number of esters is 1. The van der Waals surface area contributed by atoms with Crippen LogP contribution in [0.1, 0.15) is 23.6 Å². The molecule has 3 aromatic rings. The second kappa shape index (κ2) is 11.3. The number of rotatable bonds is 10. The summed E-state index contributed by atoms with van der Waals surface area (Å²) in [5, 5.41) is 11.0. The summed E-state index contributed by atoms with van der Waals surface area (Å²) in [7, 11) is 0. The number of carbonyl (C=O) groups excluding carboxylic acids is 1. The number of aliphatic hydroxyl groups excluding tert-OH is 1. The first-order valence-electron chi connectivity index (χ1n) is 10.4. The van der Waals surface area contributed by atoms with Crippen molar-refractivity contribution in [3.63, 3.8) is 0 Å². The molecule has 0 radical (unpaired) electrons. The first kappa shape index (κ1) is 21.8. The zero-order chi connectivity index (χ0) is 21.2. The third-order valence-electron chi connectivity index (χ3n) is 5.11. The van der Waals surface area contributed by atoms with E-state index in [2.05, 4.69) is 29.2 Å². The van der Waals surface area contributed by atoms with Crippen molar-refractivity contribution in [2.24, 2.45) is 0 Å². The summed E-state index contributed by atoms with van der Waals surface area (Å²) in [5.41, 5.74) is 3.32. The highest BCUT2D eigenvalue weighted by atomic mass is 16.5. The number of hydrogen-bond acceptors (Lipinski definition) is 4. The molecule has 0 saturated carbocycles. The van der Waals surface area contributed by atoms with Crippen molar-refractivity contribution in [1.82, 2.24) is 4.90 Å². The highest BCUT2D eigenvalue weighted by Gasteiger charge is 2.32. The van der Waals surface area contributed by atoms with Crippen LogP contribution in [0.25, 0.3) is 0 Å². The summed E-state index contributed by atoms with van der Waals surface area (Å²) in [4.78, 5) is 14.7. The number of ether oxygens (including phenoxy) is 1. The molecule has 2 atom stereocenters. The zero-order valence-corrected chi connectivity index (χ0v) is 17.4. The molecular weight excluding hydrogens is 374 g/mol. The van der Waals surface area contributed by atoms with E-state index in [4.69, 9.17) is 4.74 Å². The van der Waals surface area contributed by atoms with Gasteiger partial charge in [-0.1, -0.05) is 91.0 Å². The minimum Gasteiger partial charge on any atom is -0.464 e. The van der Waals surface area contributed by atoms with E-state index in [9.17, 15) is 9.90 Å². The molecule has 156 valence electrons. The zero-order valence-electron chi connectivity index (χ0n) is 17.4. The fourth-order valence-corrected chi connectivity index (χ4v) is 3.61. The van der Waals surface area contributed by atoms with Gasteiger partial charge in [0.2, 0.25) is 0 Å². The lowest BCUT2D eigenvalue weighted by Crippen LogP contribution is -2.48. The highest BCUT2D eigenvalue weighted by Crippen LogP contribution is 2.20. The van der Waals surface area contributed by atoms with Gasteiger partial charge in [0.1, 0.15) is 0 Å². The Morgan fingerprint density at radius 1 is 0.800 bits per heavy atom. The number of carbonyl (C=O) groups is 1. The van der Waals surface area contributed by atoms with Gasteiger partial charge in [-0.15, -0.1) is 0 Å². The molecule has 0 aliphatic heterocycles. The van der Waals surface area contributed by atoms with Crippen LogP contribution in [0, 0.1) is 0 Å². The SMILES string of the molecule is CCOC(=O)[C@@H](O)[C@H](Cc1ccccc1)N(Cc1ccccc1)Cc1ccccc1. The van der Waals surface area contributed by atoms with Crippen LogP contribution >= 0.6 is 0 Å². The third kappa shape index (κ3) is 6.28. The Hall–Kier alpha value is -2.95. The van der Waals surface area contributed by atoms with Gasteiger partial charge in [0.05, 0.1) is 12.6 Å². The fraction of sp³-hybridized carbons (Fsp3) is 0.269. The van der Waals surface area contributed by atoms with Gasteiger partial charge in [0.15, 0.2) is 6.10 Å². The molecule has 3 aromatic carbocycles. The molecule has 0 saturated heterocycles. The Kier molecular flexibility index (Phi) is 8.19. The summed E-state index contributed by atoms with van der Waals surface area (Å²) in [6, 6.07) is 29.8. The van der Waals surface area contributed by atoms with E-state index < -0.39 is 18.1 Å². The van der Waals surface area contributed by atoms with Gasteiger partial charge in [0, 0.05) is 13.1 Å². The molecule has 0 amide bonds. The maximum absolute atomic E-state index is 12.5. The van der Waals surface area contributed by atoms with Gasteiger partial charge in [-0.3, -0.25) is 4.90 Å². The van der Waals surface area contributed by atoms with Crippen LogP contribution in [0.15, 0.2) is 91.0 Å². The number of aliphatic hydroxyl groups is 1. The van der Waals surface area contributed by atoms with E-state index >= 15 is 0 Å². The minimum atomic E-state index is -1.24. The lowest BCUT2D eigenvalue weighted by atomic mass is 9.98. The van der Waals surface area contributed by atoms with E-state index in [1.807, 2.05) is 66.7 Å². The largest absolute Gasteiger partial charge is 0.464 e. The Labute approximate surface area is 178 Å². The number of hydrogen-bond donors (Lipinski definition) is 1. The summed E-state index contributed by atoms with van der Waals surface area (Å²) < 4.78 is 5.16. The molecule has 0 spiro atoms. The van der Waals surface area contributed by atoms with E-state index in [1.165, 1.54) is 0 Å². The topological polar surface area (TPSA) is 49.8 Å². The average Bonchev–Trinajstić information content (AvgIpc) is 2.79. The van der Waals surface area contributed by atoms with Crippen molar-refractivity contribution in [1.29, 1.82) is 0 Å². The van der Waals surface area contributed by atoms with Crippen molar-refractivity contribution in [2.45, 2.75) is 38.6 Å². The average molecular weight is 404 g/mol. The van der Waals surface area contributed by atoms with Gasteiger partial charge >= 0.3 is 5.97 Å². The van der Waals surface area contributed by atoms with Crippen LogP contribution in [-0.4, -0.2) is 34.7 Å². The summed E-state index contributed by atoms with van der Waals surface area (Å²) in [5.74, 6) is -0.579. The third-order valence-corrected chi connectivity index (χ3v) is 5.11. The first-order chi connectivity index (χ1) is 14.7. The predicted molar refractivity (Wildman–Crippen MR) is 119 cm³/mol. The quantitative estimate of drug-likeness (QED) is 0.515. The normalized spacial score (nSPS) is 13.0. The lowest BCUT2D eigenvalue weighted by Gasteiger charge is -2.34. The Morgan fingerprint density at radius 3 is 1.67 bits per heavy atom. The first-order valence-corrected chi connectivity index (χ1v) is 10.4. The predicted octanol–water partition coefficient (Wildman–Crippen LogP) is 4.22. The summed E-state index contributed by atoms with van der Waals surface area (Å²) in [6.07, 6.45) is -0.696. The van der Waals surface area contributed by atoms with Crippen molar-refractivity contribution in [3.05, 3.63) is 108 Å². The lowest BCUT2D eigenvalue weighted by molar-refractivity contribution is -0.157. The highest BCUT2D eigenvalue weighted by molar-refractivity contribution is 5.75. The molecule has 0 heterocycles. The van der Waals surface area contributed by atoms with Gasteiger partial charge < -0.3 is 9.84 Å². The maximum atomic E-state index is 12.5. The molecule has 3 rings (SSSR count). The van der Waals surface area contributed by atoms with Crippen LogP contribution in [0.2, 0.25) is 0 Å². The van der Waals surface area contributed by atoms with Crippen LogP contribution < -0.4 is 0 Å². The molecule has 4 heteroatoms. The molecule has 0 aliphatic carbocycles. The molecular formula is C26H29NO3. The number of nitrogens with zero attached hydrogens (tertiary/aromatic N) is 1. The van der Waals surface area contributed by atoms with Crippen LogP contribution in [0.5, 0.6) is 0 Å². The molecule has 0 aromatic heterocycles. The van der Waals surface area contributed by atoms with Crippen molar-refractivity contribution in [2.75, 3.05) is 6.61 Å². The van der Waals surface area contributed by atoms with Gasteiger partial charge in [0.25, 0.3) is 0 Å². The Morgan fingerprint density at radius 2 is 1.23 bits per heavy atom.